The van der Waals surface area contributed by atoms with Gasteiger partial charge in [0.25, 0.3) is 0 Å². The molecule has 0 bridgehead atoms. The van der Waals surface area contributed by atoms with E-state index >= 15 is 0 Å². The molecule has 0 atom stereocenters. The number of nitrogens with zero attached hydrogens (tertiary/aromatic N) is 4. The molecule has 1 N–H and O–H groups in total. The molecule has 0 amide bonds. The van der Waals surface area contributed by atoms with Crippen molar-refractivity contribution in [2.75, 3.05) is 52.5 Å². The van der Waals surface area contributed by atoms with Gasteiger partial charge in [0.1, 0.15) is 11.5 Å². The molecule has 3 aliphatic rings. The Morgan fingerprint density at radius 3 is 2.36 bits per heavy atom. The highest BCUT2D eigenvalue weighted by Gasteiger charge is 2.27. The van der Waals surface area contributed by atoms with Crippen molar-refractivity contribution < 1.29 is 14.4 Å². The maximum absolute atomic E-state index is 9.31. The number of ether oxygens (including phenoxy) is 1. The van der Waals surface area contributed by atoms with Gasteiger partial charge in [0.05, 0.1) is 18.9 Å². The van der Waals surface area contributed by atoms with Crippen LogP contribution in [0.2, 0.25) is 0 Å². The zero-order valence-corrected chi connectivity index (χ0v) is 20.7. The zero-order valence-electron chi connectivity index (χ0n) is 20.7. The topological polar surface area (TPSA) is 74.3 Å². The smallest absolute Gasteiger partial charge is 0.142 e. The van der Waals surface area contributed by atoms with Gasteiger partial charge in [-0.05, 0) is 68.1 Å². The number of hydrogen-bond acceptors (Lipinski definition) is 7. The third-order valence-electron chi connectivity index (χ3n) is 8.00. The number of piperidine rings is 1. The van der Waals surface area contributed by atoms with Crippen LogP contribution in [0.4, 0.5) is 0 Å². The summed E-state index contributed by atoms with van der Waals surface area (Å²) in [5.74, 6) is 2.43. The fraction of sp³-hybridized carbons (Fsp3) is 0.448. The molecule has 2 saturated heterocycles. The van der Waals surface area contributed by atoms with E-state index in [1.54, 1.807) is 0 Å². The van der Waals surface area contributed by atoms with Crippen molar-refractivity contribution in [3.63, 3.8) is 0 Å². The molecular formula is C29H34N4O3. The van der Waals surface area contributed by atoms with Gasteiger partial charge < -0.3 is 19.3 Å². The van der Waals surface area contributed by atoms with E-state index in [9.17, 15) is 5.21 Å². The summed E-state index contributed by atoms with van der Waals surface area (Å²) in [6, 6.07) is 12.8. The third-order valence-corrected chi connectivity index (χ3v) is 8.00. The quantitative estimate of drug-likeness (QED) is 0.404. The van der Waals surface area contributed by atoms with Gasteiger partial charge in [0.15, 0.2) is 0 Å². The van der Waals surface area contributed by atoms with E-state index in [0.717, 1.165) is 118 Å². The van der Waals surface area contributed by atoms with Crippen molar-refractivity contribution in [1.29, 1.82) is 0 Å². The van der Waals surface area contributed by atoms with E-state index in [-0.39, 0.29) is 0 Å². The Kier molecular flexibility index (Phi) is 6.86. The number of aromatic nitrogens is 1. The second-order valence-electron chi connectivity index (χ2n) is 10.1. The van der Waals surface area contributed by atoms with Crippen LogP contribution in [0.25, 0.3) is 22.5 Å². The molecule has 0 spiro atoms. The van der Waals surface area contributed by atoms with E-state index in [1.807, 2.05) is 24.5 Å². The van der Waals surface area contributed by atoms with Crippen molar-refractivity contribution in [3.05, 3.63) is 65.7 Å². The first-order chi connectivity index (χ1) is 17.8. The summed E-state index contributed by atoms with van der Waals surface area (Å²) in [4.78, 5) is 9.31. The molecule has 1 aromatic carbocycles. The molecule has 188 valence electrons. The van der Waals surface area contributed by atoms with Crippen molar-refractivity contribution in [2.45, 2.75) is 31.6 Å². The minimum atomic E-state index is 0.432. The Morgan fingerprint density at radius 1 is 0.861 bits per heavy atom. The van der Waals surface area contributed by atoms with E-state index in [4.69, 9.17) is 9.15 Å². The van der Waals surface area contributed by atoms with Crippen LogP contribution in [-0.4, -0.2) is 78.2 Å². The number of rotatable bonds is 6. The zero-order chi connectivity index (χ0) is 24.3. The van der Waals surface area contributed by atoms with Crippen LogP contribution < -0.4 is 0 Å². The standard InChI is InChI=1S/C29H34N4O3/c34-31-27-4-2-23-19-24(1-3-25(23)27)26-20-28(36-29(26)22-5-9-30-10-6-22)21-7-11-32(12-8-21)13-14-33-15-17-35-18-16-33/h1,3,5-6,9-10,19-21,34H,2,4,7-8,11-18H2/b31-27+. The lowest BCUT2D eigenvalue weighted by Gasteiger charge is -2.34. The first-order valence-electron chi connectivity index (χ1n) is 13.2. The van der Waals surface area contributed by atoms with Crippen molar-refractivity contribution in [1.82, 2.24) is 14.8 Å². The van der Waals surface area contributed by atoms with Gasteiger partial charge in [-0.2, -0.15) is 0 Å². The predicted molar refractivity (Wildman–Crippen MR) is 140 cm³/mol. The number of likely N-dealkylation sites (tertiary alicyclic amines) is 1. The van der Waals surface area contributed by atoms with Crippen molar-refractivity contribution >= 4 is 5.71 Å². The first kappa shape index (κ1) is 23.4. The van der Waals surface area contributed by atoms with Crippen molar-refractivity contribution in [3.8, 4) is 22.5 Å². The van der Waals surface area contributed by atoms with Crippen LogP contribution in [0, 0.1) is 0 Å². The van der Waals surface area contributed by atoms with Crippen molar-refractivity contribution in [2.24, 2.45) is 5.16 Å². The largest absolute Gasteiger partial charge is 0.460 e. The normalized spacial score (nSPS) is 20.7. The van der Waals surface area contributed by atoms with Crippen LogP contribution in [0.5, 0.6) is 0 Å². The summed E-state index contributed by atoms with van der Waals surface area (Å²) in [6.07, 6.45) is 7.56. The fourth-order valence-corrected chi connectivity index (χ4v) is 5.83. The van der Waals surface area contributed by atoms with Crippen LogP contribution in [0.15, 0.2) is 58.4 Å². The second kappa shape index (κ2) is 10.5. The molecule has 0 saturated carbocycles. The van der Waals surface area contributed by atoms with E-state index < -0.39 is 0 Å². The number of oxime groups is 1. The number of pyridine rings is 1. The molecule has 2 aliphatic heterocycles. The summed E-state index contributed by atoms with van der Waals surface area (Å²) in [5.41, 5.74) is 6.39. The Hall–Kier alpha value is -3.00. The molecular weight excluding hydrogens is 452 g/mol. The highest BCUT2D eigenvalue weighted by molar-refractivity contribution is 6.04. The number of fused-ring (bicyclic) bond motifs is 1. The summed E-state index contributed by atoms with van der Waals surface area (Å²) in [7, 11) is 0. The van der Waals surface area contributed by atoms with Gasteiger partial charge in [-0.1, -0.05) is 23.4 Å². The molecule has 7 nitrogen and oxygen atoms in total. The van der Waals surface area contributed by atoms with Gasteiger partial charge in [-0.15, -0.1) is 0 Å². The summed E-state index contributed by atoms with van der Waals surface area (Å²) < 4.78 is 12.1. The van der Waals surface area contributed by atoms with Gasteiger partial charge >= 0.3 is 0 Å². The number of aryl methyl sites for hydroxylation is 1. The number of hydrogen-bond donors (Lipinski definition) is 1. The van der Waals surface area contributed by atoms with Gasteiger partial charge in [-0.3, -0.25) is 9.88 Å². The van der Waals surface area contributed by atoms with Gasteiger partial charge in [-0.25, -0.2) is 0 Å². The molecule has 0 unspecified atom stereocenters. The summed E-state index contributed by atoms with van der Waals surface area (Å²) >= 11 is 0. The average molecular weight is 487 g/mol. The minimum absolute atomic E-state index is 0.432. The molecule has 2 aromatic heterocycles. The van der Waals surface area contributed by atoms with E-state index in [1.165, 1.54) is 5.56 Å². The molecule has 1 aliphatic carbocycles. The van der Waals surface area contributed by atoms with Crippen LogP contribution in [0.1, 0.15) is 42.1 Å². The van der Waals surface area contributed by atoms with Gasteiger partial charge in [0, 0.05) is 61.2 Å². The Balaban J connectivity index is 1.21. The number of benzene rings is 1. The number of morpholine rings is 1. The predicted octanol–water partition coefficient (Wildman–Crippen LogP) is 4.64. The second-order valence-corrected chi connectivity index (χ2v) is 10.1. The Labute approximate surface area is 212 Å². The number of furan rings is 1. The van der Waals surface area contributed by atoms with E-state index in [0.29, 0.717) is 5.92 Å². The summed E-state index contributed by atoms with van der Waals surface area (Å²) in [5, 5.41) is 12.8. The maximum atomic E-state index is 9.31. The lowest BCUT2D eigenvalue weighted by Crippen LogP contribution is -2.43. The molecule has 7 heteroatoms. The first-order valence-corrected chi connectivity index (χ1v) is 13.2. The Morgan fingerprint density at radius 2 is 1.61 bits per heavy atom. The van der Waals surface area contributed by atoms with Crippen LogP contribution in [0.3, 0.4) is 0 Å². The monoisotopic (exact) mass is 486 g/mol. The highest BCUT2D eigenvalue weighted by atomic mass is 16.5. The molecule has 2 fully saturated rings. The average Bonchev–Trinajstić information content (AvgIpc) is 3.58. The Bertz CT molecular complexity index is 1210. The molecule has 3 aromatic rings. The lowest BCUT2D eigenvalue weighted by molar-refractivity contribution is 0.0319. The van der Waals surface area contributed by atoms with E-state index in [2.05, 4.69) is 44.2 Å². The molecule has 0 radical (unpaired) electrons. The molecule has 4 heterocycles. The molecule has 6 rings (SSSR count). The SMILES string of the molecule is O/N=C1\CCc2cc(-c3cc(C4CCN(CCN5CCOCC5)CC4)oc3-c3ccncc3)ccc21. The molecule has 36 heavy (non-hydrogen) atoms. The van der Waals surface area contributed by atoms with Crippen LogP contribution in [-0.2, 0) is 11.2 Å². The lowest BCUT2D eigenvalue weighted by atomic mass is 9.92. The summed E-state index contributed by atoms with van der Waals surface area (Å²) in [6.45, 7) is 8.32. The fourth-order valence-electron chi connectivity index (χ4n) is 5.83. The maximum Gasteiger partial charge on any atom is 0.142 e. The highest BCUT2D eigenvalue weighted by Crippen LogP contribution is 2.41. The van der Waals surface area contributed by atoms with Crippen LogP contribution >= 0.6 is 0 Å². The van der Waals surface area contributed by atoms with Gasteiger partial charge in [0.2, 0.25) is 0 Å². The minimum Gasteiger partial charge on any atom is -0.460 e. The third kappa shape index (κ3) is 4.83.